The van der Waals surface area contributed by atoms with Gasteiger partial charge < -0.3 is 15.6 Å². The van der Waals surface area contributed by atoms with Crippen molar-refractivity contribution in [3.63, 3.8) is 0 Å². The number of aliphatic hydroxyl groups is 1. The van der Waals surface area contributed by atoms with E-state index in [0.717, 1.165) is 5.56 Å². The maximum Gasteiger partial charge on any atom is 0.224 e. The lowest BCUT2D eigenvalue weighted by Crippen LogP contribution is -2.44. The Labute approximate surface area is 146 Å². The van der Waals surface area contributed by atoms with Gasteiger partial charge in [0.25, 0.3) is 0 Å². The van der Waals surface area contributed by atoms with Crippen molar-refractivity contribution in [3.8, 4) is 0 Å². The highest BCUT2D eigenvalue weighted by molar-refractivity contribution is 6.42. The molecule has 0 aliphatic carbocycles. The lowest BCUT2D eigenvalue weighted by Gasteiger charge is -2.29. The van der Waals surface area contributed by atoms with Crippen LogP contribution in [0.1, 0.15) is 25.5 Å². The first-order chi connectivity index (χ1) is 10.7. The van der Waals surface area contributed by atoms with Crippen LogP contribution in [0.5, 0.6) is 0 Å². The molecular weight excluding hydrogens is 339 g/mol. The minimum atomic E-state index is -0.856. The molecule has 5 nitrogen and oxygen atoms in total. The van der Waals surface area contributed by atoms with Crippen molar-refractivity contribution in [2.45, 2.75) is 25.6 Å². The molecule has 1 heterocycles. The molecule has 0 saturated carbocycles. The number of rotatable bonds is 4. The summed E-state index contributed by atoms with van der Waals surface area (Å²) in [7, 11) is 0. The Balaban J connectivity index is 2.25. The number of hydrogen-bond donors (Lipinski definition) is 2. The van der Waals surface area contributed by atoms with Gasteiger partial charge in [0.15, 0.2) is 0 Å². The predicted octanol–water partition coefficient (Wildman–Crippen LogP) is 2.24. The van der Waals surface area contributed by atoms with Gasteiger partial charge in [-0.25, -0.2) is 0 Å². The van der Waals surface area contributed by atoms with Gasteiger partial charge >= 0.3 is 0 Å². The maximum atomic E-state index is 11.9. The van der Waals surface area contributed by atoms with E-state index >= 15 is 0 Å². The highest BCUT2D eigenvalue weighted by Crippen LogP contribution is 2.33. The minimum Gasteiger partial charge on any atom is -0.389 e. The zero-order chi connectivity index (χ0) is 17.2. The number of amides is 1. The van der Waals surface area contributed by atoms with Crippen LogP contribution in [0, 0.1) is 5.92 Å². The fraction of sp³-hybridized carbons (Fsp3) is 0.562. The lowest BCUT2D eigenvalue weighted by atomic mass is 9.94. The van der Waals surface area contributed by atoms with Crippen molar-refractivity contribution in [2.75, 3.05) is 26.2 Å². The number of nitrogens with zero attached hydrogens (tertiary/aromatic N) is 1. The quantitative estimate of drug-likeness (QED) is 0.863. The number of halogens is 2. The van der Waals surface area contributed by atoms with Crippen LogP contribution in [0.15, 0.2) is 18.2 Å². The van der Waals surface area contributed by atoms with E-state index in [2.05, 4.69) is 0 Å². The van der Waals surface area contributed by atoms with Crippen LogP contribution >= 0.6 is 23.2 Å². The van der Waals surface area contributed by atoms with Crippen molar-refractivity contribution in [1.82, 2.24) is 4.90 Å². The first kappa shape index (κ1) is 18.5. The number of carbonyl (C=O) groups is 1. The van der Waals surface area contributed by atoms with E-state index in [1.807, 2.05) is 4.90 Å². The lowest BCUT2D eigenvalue weighted by molar-refractivity contribution is -0.126. The van der Waals surface area contributed by atoms with E-state index in [1.165, 1.54) is 0 Å². The summed E-state index contributed by atoms with van der Waals surface area (Å²) in [4.78, 5) is 13.9. The number of nitrogens with two attached hydrogens (primary N) is 1. The van der Waals surface area contributed by atoms with E-state index in [1.54, 1.807) is 32.0 Å². The molecule has 0 unspecified atom stereocenters. The number of β-amino-alcohol motifs (C(OH)–C–C–N with tert-alkyl or cyclic N) is 1. The molecule has 1 aromatic carbocycles. The Bertz CT molecular complexity index is 575. The molecule has 1 amide bonds. The average molecular weight is 361 g/mol. The van der Waals surface area contributed by atoms with Crippen LogP contribution in [-0.2, 0) is 9.53 Å². The summed E-state index contributed by atoms with van der Waals surface area (Å²) >= 11 is 12.0. The van der Waals surface area contributed by atoms with E-state index < -0.39 is 23.5 Å². The van der Waals surface area contributed by atoms with Gasteiger partial charge in [-0.2, -0.15) is 0 Å². The molecule has 0 aromatic heterocycles. The van der Waals surface area contributed by atoms with Crippen molar-refractivity contribution in [1.29, 1.82) is 0 Å². The summed E-state index contributed by atoms with van der Waals surface area (Å²) in [5, 5.41) is 10.9. The van der Waals surface area contributed by atoms with Gasteiger partial charge in [-0.3, -0.25) is 9.69 Å². The minimum absolute atomic E-state index is 0.411. The standard InChI is InChI=1S/C16H22Cl2N2O3/c1-16(2,22)9-20-5-6-23-14(11(8-20)15(19)21)10-3-4-12(17)13(18)7-10/h3-4,7,11,14,22H,5-6,8-9H2,1-2H3,(H2,19,21)/t11-,14+/m1/s1. The Morgan fingerprint density at radius 2 is 2.13 bits per heavy atom. The third-order valence-corrected chi connectivity index (χ3v) is 4.51. The molecule has 0 spiro atoms. The van der Waals surface area contributed by atoms with E-state index in [-0.39, 0.29) is 0 Å². The number of carbonyl (C=O) groups excluding carboxylic acids is 1. The molecule has 0 bridgehead atoms. The van der Waals surface area contributed by atoms with Crippen molar-refractivity contribution >= 4 is 29.1 Å². The fourth-order valence-corrected chi connectivity index (χ4v) is 3.14. The zero-order valence-electron chi connectivity index (χ0n) is 13.3. The van der Waals surface area contributed by atoms with Crippen molar-refractivity contribution in [3.05, 3.63) is 33.8 Å². The summed E-state index contributed by atoms with van der Waals surface area (Å²) in [6.07, 6.45) is -0.478. The van der Waals surface area contributed by atoms with E-state index in [9.17, 15) is 9.90 Å². The van der Waals surface area contributed by atoms with Gasteiger partial charge in [0, 0.05) is 19.6 Å². The Kier molecular flexibility index (Phi) is 5.92. The van der Waals surface area contributed by atoms with Crippen LogP contribution in [0.2, 0.25) is 10.0 Å². The van der Waals surface area contributed by atoms with E-state index in [0.29, 0.717) is 36.3 Å². The maximum absolute atomic E-state index is 11.9. The Morgan fingerprint density at radius 1 is 1.43 bits per heavy atom. The summed E-state index contributed by atoms with van der Waals surface area (Å²) in [6.45, 7) is 5.37. The van der Waals surface area contributed by atoms with Crippen molar-refractivity contribution in [2.24, 2.45) is 11.7 Å². The molecular formula is C16H22Cl2N2O3. The van der Waals surface area contributed by atoms with Gasteiger partial charge in [0.05, 0.1) is 34.3 Å². The number of hydrogen-bond acceptors (Lipinski definition) is 4. The zero-order valence-corrected chi connectivity index (χ0v) is 14.8. The molecule has 1 aromatic rings. The largest absolute Gasteiger partial charge is 0.389 e. The molecule has 1 aliphatic rings. The van der Waals surface area contributed by atoms with Gasteiger partial charge in [-0.05, 0) is 31.5 Å². The predicted molar refractivity (Wildman–Crippen MR) is 90.6 cm³/mol. The topological polar surface area (TPSA) is 75.8 Å². The monoisotopic (exact) mass is 360 g/mol. The second-order valence-corrected chi connectivity index (χ2v) is 7.34. The molecule has 2 atom stereocenters. The average Bonchev–Trinajstić information content (AvgIpc) is 2.62. The number of ether oxygens (including phenoxy) is 1. The SMILES string of the molecule is CC(C)(O)CN1CCO[C@@H](c2ccc(Cl)c(Cl)c2)[C@H](C(N)=O)C1. The molecule has 0 radical (unpaired) electrons. The van der Waals surface area contributed by atoms with Crippen molar-refractivity contribution < 1.29 is 14.6 Å². The molecule has 1 aliphatic heterocycles. The fourth-order valence-electron chi connectivity index (χ4n) is 2.84. The second kappa shape index (κ2) is 7.36. The second-order valence-electron chi connectivity index (χ2n) is 6.52. The van der Waals surface area contributed by atoms with Crippen LogP contribution in [-0.4, -0.2) is 47.8 Å². The summed E-state index contributed by atoms with van der Waals surface area (Å²) < 4.78 is 5.88. The molecule has 3 N–H and O–H groups in total. The Hall–Kier alpha value is -0.850. The first-order valence-corrected chi connectivity index (χ1v) is 8.23. The molecule has 7 heteroatoms. The molecule has 128 valence electrons. The van der Waals surface area contributed by atoms with Gasteiger partial charge in [-0.15, -0.1) is 0 Å². The third-order valence-electron chi connectivity index (χ3n) is 3.77. The van der Waals surface area contributed by atoms with Gasteiger partial charge in [-0.1, -0.05) is 29.3 Å². The molecule has 1 saturated heterocycles. The smallest absolute Gasteiger partial charge is 0.224 e. The van der Waals surface area contributed by atoms with Crippen LogP contribution in [0.4, 0.5) is 0 Å². The molecule has 23 heavy (non-hydrogen) atoms. The van der Waals surface area contributed by atoms with Crippen LogP contribution in [0.25, 0.3) is 0 Å². The van der Waals surface area contributed by atoms with Crippen LogP contribution in [0.3, 0.4) is 0 Å². The first-order valence-electron chi connectivity index (χ1n) is 7.48. The summed E-state index contributed by atoms with van der Waals surface area (Å²) in [6, 6.07) is 5.18. The molecule has 1 fully saturated rings. The molecule has 2 rings (SSSR count). The highest BCUT2D eigenvalue weighted by Gasteiger charge is 2.34. The number of benzene rings is 1. The third kappa shape index (κ3) is 5.06. The highest BCUT2D eigenvalue weighted by atomic mass is 35.5. The number of primary amides is 1. The van der Waals surface area contributed by atoms with Gasteiger partial charge in [0.2, 0.25) is 5.91 Å². The summed E-state index contributed by atoms with van der Waals surface area (Å²) in [5.41, 5.74) is 5.51. The van der Waals surface area contributed by atoms with Gasteiger partial charge in [0.1, 0.15) is 0 Å². The van der Waals surface area contributed by atoms with E-state index in [4.69, 9.17) is 33.7 Å². The normalized spacial score (nSPS) is 23.5. The van der Waals surface area contributed by atoms with Crippen LogP contribution < -0.4 is 5.73 Å². The summed E-state index contributed by atoms with van der Waals surface area (Å²) in [5.74, 6) is -0.971. The Morgan fingerprint density at radius 3 is 2.70 bits per heavy atom.